The van der Waals surface area contributed by atoms with Crippen molar-refractivity contribution in [2.45, 2.75) is 58.9 Å². The maximum absolute atomic E-state index is 11.7. The molecule has 3 N–H and O–H groups in total. The molecule has 0 aliphatic rings. The monoisotopic (exact) mass is 258 g/mol. The zero-order valence-electron chi connectivity index (χ0n) is 11.9. The number of carboxylic acids is 1. The van der Waals surface area contributed by atoms with Crippen LogP contribution < -0.4 is 10.6 Å². The molecule has 0 fully saturated rings. The number of aliphatic carboxylic acids is 1. The van der Waals surface area contributed by atoms with E-state index in [0.29, 0.717) is 13.0 Å². The van der Waals surface area contributed by atoms with Crippen molar-refractivity contribution in [3.63, 3.8) is 0 Å². The van der Waals surface area contributed by atoms with Crippen LogP contribution in [0.4, 0.5) is 4.79 Å². The molecule has 0 saturated heterocycles. The highest BCUT2D eigenvalue weighted by Crippen LogP contribution is 2.13. The fourth-order valence-corrected chi connectivity index (χ4v) is 1.48. The molecule has 0 aliphatic heterocycles. The molecule has 5 heteroatoms. The summed E-state index contributed by atoms with van der Waals surface area (Å²) in [6, 6.07) is -0.177. The minimum Gasteiger partial charge on any atom is -0.481 e. The summed E-state index contributed by atoms with van der Waals surface area (Å²) in [5.41, 5.74) is -0.172. The predicted octanol–water partition coefficient (Wildman–Crippen LogP) is 2.37. The minimum absolute atomic E-state index is 0.145. The lowest BCUT2D eigenvalue weighted by molar-refractivity contribution is -0.137. The quantitative estimate of drug-likeness (QED) is 0.625. The van der Waals surface area contributed by atoms with Crippen LogP contribution in [-0.2, 0) is 4.79 Å². The van der Waals surface area contributed by atoms with Gasteiger partial charge in [-0.1, -0.05) is 20.8 Å². The molecule has 0 saturated carbocycles. The molecule has 18 heavy (non-hydrogen) atoms. The topological polar surface area (TPSA) is 78.4 Å². The molecule has 0 aromatic heterocycles. The first kappa shape index (κ1) is 16.7. The van der Waals surface area contributed by atoms with Gasteiger partial charge < -0.3 is 15.7 Å². The Morgan fingerprint density at radius 1 is 1.28 bits per heavy atom. The van der Waals surface area contributed by atoms with Crippen LogP contribution in [0.1, 0.15) is 53.4 Å². The Hall–Kier alpha value is -1.26. The second-order valence-electron chi connectivity index (χ2n) is 5.14. The third kappa shape index (κ3) is 7.14. The lowest BCUT2D eigenvalue weighted by atomic mass is 9.96. The van der Waals surface area contributed by atoms with Gasteiger partial charge in [0.2, 0.25) is 0 Å². The van der Waals surface area contributed by atoms with E-state index < -0.39 is 5.97 Å². The van der Waals surface area contributed by atoms with E-state index in [-0.39, 0.29) is 23.9 Å². The van der Waals surface area contributed by atoms with Gasteiger partial charge in [0.25, 0.3) is 0 Å². The Morgan fingerprint density at radius 3 is 2.28 bits per heavy atom. The molecule has 0 aliphatic carbocycles. The van der Waals surface area contributed by atoms with Crippen LogP contribution in [0.2, 0.25) is 0 Å². The number of amides is 2. The van der Waals surface area contributed by atoms with Crippen molar-refractivity contribution in [1.29, 1.82) is 0 Å². The SMILES string of the molecule is CCC(C)(CC)NC(=O)NCC(C)CCC(=O)O. The number of urea groups is 1. The molecule has 1 atom stereocenters. The van der Waals surface area contributed by atoms with Crippen LogP contribution >= 0.6 is 0 Å². The summed E-state index contributed by atoms with van der Waals surface area (Å²) < 4.78 is 0. The van der Waals surface area contributed by atoms with Crippen molar-refractivity contribution in [1.82, 2.24) is 10.6 Å². The average molecular weight is 258 g/mol. The first-order valence-electron chi connectivity index (χ1n) is 6.60. The Morgan fingerprint density at radius 2 is 1.83 bits per heavy atom. The fourth-order valence-electron chi connectivity index (χ4n) is 1.48. The molecule has 0 aromatic carbocycles. The summed E-state index contributed by atoms with van der Waals surface area (Å²) in [6.07, 6.45) is 2.48. The molecule has 0 aromatic rings. The molecule has 1 unspecified atom stereocenters. The summed E-state index contributed by atoms with van der Waals surface area (Å²) in [4.78, 5) is 22.1. The molecule has 2 amide bonds. The van der Waals surface area contributed by atoms with Crippen molar-refractivity contribution in [2.75, 3.05) is 6.54 Å². The number of rotatable bonds is 8. The van der Waals surface area contributed by atoms with Gasteiger partial charge in [-0.15, -0.1) is 0 Å². The number of carboxylic acid groups (broad SMARTS) is 1. The Kier molecular flexibility index (Phi) is 7.39. The summed E-state index contributed by atoms with van der Waals surface area (Å²) in [5.74, 6) is -0.628. The van der Waals surface area contributed by atoms with E-state index in [4.69, 9.17) is 5.11 Å². The van der Waals surface area contributed by atoms with E-state index in [2.05, 4.69) is 10.6 Å². The van der Waals surface area contributed by atoms with Gasteiger partial charge in [-0.25, -0.2) is 4.79 Å². The van der Waals surface area contributed by atoms with Gasteiger partial charge in [-0.3, -0.25) is 4.79 Å². The molecule has 106 valence electrons. The maximum Gasteiger partial charge on any atom is 0.315 e. The molecule has 0 rings (SSSR count). The second-order valence-corrected chi connectivity index (χ2v) is 5.14. The van der Waals surface area contributed by atoms with Gasteiger partial charge in [0.05, 0.1) is 0 Å². The normalized spacial score (nSPS) is 12.9. The van der Waals surface area contributed by atoms with Crippen LogP contribution in [-0.4, -0.2) is 29.2 Å². The predicted molar refractivity (Wildman–Crippen MR) is 71.6 cm³/mol. The highest BCUT2D eigenvalue weighted by molar-refractivity contribution is 5.74. The van der Waals surface area contributed by atoms with Crippen molar-refractivity contribution < 1.29 is 14.7 Å². The van der Waals surface area contributed by atoms with Crippen molar-refractivity contribution >= 4 is 12.0 Å². The Bertz CT molecular complexity index is 275. The van der Waals surface area contributed by atoms with Crippen LogP contribution in [0, 0.1) is 5.92 Å². The van der Waals surface area contributed by atoms with Gasteiger partial charge in [-0.05, 0) is 32.1 Å². The Labute approximate surface area is 109 Å². The zero-order valence-corrected chi connectivity index (χ0v) is 11.9. The highest BCUT2D eigenvalue weighted by atomic mass is 16.4. The van der Waals surface area contributed by atoms with E-state index in [1.165, 1.54) is 0 Å². The van der Waals surface area contributed by atoms with Gasteiger partial charge in [0.1, 0.15) is 0 Å². The lowest BCUT2D eigenvalue weighted by Gasteiger charge is -2.28. The fraction of sp³-hybridized carbons (Fsp3) is 0.846. The van der Waals surface area contributed by atoms with Gasteiger partial charge in [-0.2, -0.15) is 0 Å². The molecule has 0 spiro atoms. The van der Waals surface area contributed by atoms with Crippen LogP contribution in [0.5, 0.6) is 0 Å². The highest BCUT2D eigenvalue weighted by Gasteiger charge is 2.21. The number of hydrogen-bond acceptors (Lipinski definition) is 2. The molecular formula is C13H26N2O3. The van der Waals surface area contributed by atoms with Gasteiger partial charge in [0, 0.05) is 18.5 Å². The van der Waals surface area contributed by atoms with Crippen molar-refractivity contribution in [3.8, 4) is 0 Å². The molecular weight excluding hydrogens is 232 g/mol. The summed E-state index contributed by atoms with van der Waals surface area (Å²) in [5, 5.41) is 14.3. The van der Waals surface area contributed by atoms with Crippen molar-refractivity contribution in [2.24, 2.45) is 5.92 Å². The van der Waals surface area contributed by atoms with E-state index in [9.17, 15) is 9.59 Å². The molecule has 5 nitrogen and oxygen atoms in total. The minimum atomic E-state index is -0.796. The second kappa shape index (κ2) is 7.95. The number of carbonyl (C=O) groups excluding carboxylic acids is 1. The Balaban J connectivity index is 3.92. The van der Waals surface area contributed by atoms with E-state index in [1.807, 2.05) is 27.7 Å². The summed E-state index contributed by atoms with van der Waals surface area (Å²) >= 11 is 0. The van der Waals surface area contributed by atoms with Gasteiger partial charge >= 0.3 is 12.0 Å². The number of hydrogen-bond donors (Lipinski definition) is 3. The average Bonchev–Trinajstić information content (AvgIpc) is 2.33. The third-order valence-electron chi connectivity index (χ3n) is 3.44. The standard InChI is InChI=1S/C13H26N2O3/c1-5-13(4,6-2)15-12(18)14-9-10(3)7-8-11(16)17/h10H,5-9H2,1-4H3,(H,16,17)(H2,14,15,18). The number of nitrogens with one attached hydrogen (secondary N) is 2. The van der Waals surface area contributed by atoms with E-state index in [0.717, 1.165) is 12.8 Å². The summed E-state index contributed by atoms with van der Waals surface area (Å²) in [6.45, 7) is 8.53. The first-order valence-corrected chi connectivity index (χ1v) is 6.60. The zero-order chi connectivity index (χ0) is 14.2. The van der Waals surface area contributed by atoms with E-state index >= 15 is 0 Å². The molecule has 0 heterocycles. The van der Waals surface area contributed by atoms with Crippen LogP contribution in [0.15, 0.2) is 0 Å². The van der Waals surface area contributed by atoms with Crippen molar-refractivity contribution in [3.05, 3.63) is 0 Å². The smallest absolute Gasteiger partial charge is 0.315 e. The summed E-state index contributed by atoms with van der Waals surface area (Å²) in [7, 11) is 0. The lowest BCUT2D eigenvalue weighted by Crippen LogP contribution is -2.50. The largest absolute Gasteiger partial charge is 0.481 e. The first-order chi connectivity index (χ1) is 8.33. The number of carbonyl (C=O) groups is 2. The molecule has 0 bridgehead atoms. The van der Waals surface area contributed by atoms with E-state index in [1.54, 1.807) is 0 Å². The van der Waals surface area contributed by atoms with Crippen LogP contribution in [0.3, 0.4) is 0 Å². The van der Waals surface area contributed by atoms with Gasteiger partial charge in [0.15, 0.2) is 0 Å². The maximum atomic E-state index is 11.7. The molecule has 0 radical (unpaired) electrons. The third-order valence-corrected chi connectivity index (χ3v) is 3.44. The van der Waals surface area contributed by atoms with Crippen LogP contribution in [0.25, 0.3) is 0 Å².